The molecule has 0 aliphatic carbocycles. The van der Waals surface area contributed by atoms with Crippen molar-refractivity contribution in [1.82, 2.24) is 0 Å². The molecule has 2 aromatic rings. The third-order valence-corrected chi connectivity index (χ3v) is 3.80. The van der Waals surface area contributed by atoms with Gasteiger partial charge >= 0.3 is 0 Å². The zero-order valence-electron chi connectivity index (χ0n) is 8.68. The maximum Gasteiger partial charge on any atom is 0.131 e. The van der Waals surface area contributed by atoms with E-state index in [2.05, 4.69) is 15.9 Å². The third-order valence-electron chi connectivity index (χ3n) is 2.45. The second-order valence-corrected chi connectivity index (χ2v) is 4.91. The standard InChI is InChI=1S/C13H8BrCl2F/c14-7-9-2-1-3-12(17)13(9)8-4-5-10(15)11(16)6-8/h1-6H,7H2. The molecular formula is C13H8BrCl2F. The molecule has 0 aliphatic rings. The molecule has 2 rings (SSSR count). The van der Waals surface area contributed by atoms with Crippen LogP contribution in [-0.4, -0.2) is 0 Å². The predicted octanol–water partition coefficient (Wildman–Crippen LogP) is 5.69. The zero-order chi connectivity index (χ0) is 12.4. The lowest BCUT2D eigenvalue weighted by Crippen LogP contribution is -1.91. The number of alkyl halides is 1. The first-order valence-corrected chi connectivity index (χ1v) is 6.80. The molecule has 0 fully saturated rings. The Bertz CT molecular complexity index is 555. The van der Waals surface area contributed by atoms with E-state index in [1.807, 2.05) is 6.07 Å². The van der Waals surface area contributed by atoms with Gasteiger partial charge in [0.1, 0.15) is 5.82 Å². The molecule has 0 aliphatic heterocycles. The van der Waals surface area contributed by atoms with Gasteiger partial charge in [0.2, 0.25) is 0 Å². The number of benzene rings is 2. The highest BCUT2D eigenvalue weighted by molar-refractivity contribution is 9.08. The third kappa shape index (κ3) is 2.65. The summed E-state index contributed by atoms with van der Waals surface area (Å²) in [7, 11) is 0. The Balaban J connectivity index is 2.63. The Morgan fingerprint density at radius 2 is 1.82 bits per heavy atom. The highest BCUT2D eigenvalue weighted by Gasteiger charge is 2.11. The highest BCUT2D eigenvalue weighted by atomic mass is 79.9. The first kappa shape index (κ1) is 12.9. The summed E-state index contributed by atoms with van der Waals surface area (Å²) >= 11 is 15.1. The van der Waals surface area contributed by atoms with Crippen LogP contribution in [-0.2, 0) is 5.33 Å². The minimum absolute atomic E-state index is 0.264. The van der Waals surface area contributed by atoms with E-state index in [0.717, 1.165) is 11.1 Å². The molecule has 0 saturated carbocycles. The predicted molar refractivity (Wildman–Crippen MR) is 74.5 cm³/mol. The van der Waals surface area contributed by atoms with Gasteiger partial charge in [-0.15, -0.1) is 0 Å². The molecule has 2 aromatic carbocycles. The van der Waals surface area contributed by atoms with E-state index < -0.39 is 0 Å². The van der Waals surface area contributed by atoms with Crippen molar-refractivity contribution in [2.24, 2.45) is 0 Å². The highest BCUT2D eigenvalue weighted by Crippen LogP contribution is 2.32. The first-order chi connectivity index (χ1) is 8.13. The molecule has 0 N–H and O–H groups in total. The van der Waals surface area contributed by atoms with Crippen LogP contribution in [0, 0.1) is 5.82 Å². The summed E-state index contributed by atoms with van der Waals surface area (Å²) < 4.78 is 13.9. The van der Waals surface area contributed by atoms with Crippen molar-refractivity contribution in [3.63, 3.8) is 0 Å². The maximum absolute atomic E-state index is 13.9. The lowest BCUT2D eigenvalue weighted by atomic mass is 10.00. The monoisotopic (exact) mass is 332 g/mol. The van der Waals surface area contributed by atoms with Crippen LogP contribution in [0.1, 0.15) is 5.56 Å². The summed E-state index contributed by atoms with van der Waals surface area (Å²) in [6, 6.07) is 10.1. The fraction of sp³-hybridized carbons (Fsp3) is 0.0769. The topological polar surface area (TPSA) is 0 Å². The minimum atomic E-state index is -0.264. The Hall–Kier alpha value is -0.570. The van der Waals surface area contributed by atoms with Gasteiger partial charge < -0.3 is 0 Å². The molecule has 0 spiro atoms. The summed E-state index contributed by atoms with van der Waals surface area (Å²) in [5.74, 6) is -0.264. The van der Waals surface area contributed by atoms with Gasteiger partial charge in [0, 0.05) is 10.9 Å². The molecule has 0 aromatic heterocycles. The summed E-state index contributed by atoms with van der Waals surface area (Å²) in [5, 5.41) is 1.47. The van der Waals surface area contributed by atoms with Gasteiger partial charge in [-0.1, -0.05) is 57.3 Å². The molecule has 0 bridgehead atoms. The van der Waals surface area contributed by atoms with Gasteiger partial charge in [0.05, 0.1) is 10.0 Å². The van der Waals surface area contributed by atoms with E-state index in [9.17, 15) is 4.39 Å². The number of hydrogen-bond donors (Lipinski definition) is 0. The van der Waals surface area contributed by atoms with Crippen LogP contribution in [0.25, 0.3) is 11.1 Å². The van der Waals surface area contributed by atoms with Crippen molar-refractivity contribution in [1.29, 1.82) is 0 Å². The second kappa shape index (κ2) is 5.38. The first-order valence-electron chi connectivity index (χ1n) is 4.92. The molecule has 4 heteroatoms. The van der Waals surface area contributed by atoms with E-state index in [4.69, 9.17) is 23.2 Å². The van der Waals surface area contributed by atoms with Gasteiger partial charge in [-0.05, 0) is 29.3 Å². The van der Waals surface area contributed by atoms with Gasteiger partial charge in [0.15, 0.2) is 0 Å². The van der Waals surface area contributed by atoms with Gasteiger partial charge in [-0.25, -0.2) is 4.39 Å². The summed E-state index contributed by atoms with van der Waals surface area (Å²) in [6.07, 6.45) is 0. The van der Waals surface area contributed by atoms with Crippen molar-refractivity contribution in [2.45, 2.75) is 5.33 Å². The van der Waals surface area contributed by atoms with Crippen molar-refractivity contribution in [3.05, 3.63) is 57.8 Å². The van der Waals surface area contributed by atoms with Crippen molar-refractivity contribution in [3.8, 4) is 11.1 Å². The quantitative estimate of drug-likeness (QED) is 0.619. The fourth-order valence-corrected chi connectivity index (χ4v) is 2.42. The normalized spacial score (nSPS) is 10.6. The van der Waals surface area contributed by atoms with E-state index in [1.54, 1.807) is 24.3 Å². The van der Waals surface area contributed by atoms with Crippen molar-refractivity contribution < 1.29 is 4.39 Å². The number of rotatable bonds is 2. The molecule has 88 valence electrons. The largest absolute Gasteiger partial charge is 0.206 e. The Morgan fingerprint density at radius 3 is 2.47 bits per heavy atom. The van der Waals surface area contributed by atoms with Crippen LogP contribution >= 0.6 is 39.1 Å². The molecule has 0 unspecified atom stereocenters. The molecule has 0 atom stereocenters. The lowest BCUT2D eigenvalue weighted by Gasteiger charge is -2.09. The van der Waals surface area contributed by atoms with E-state index >= 15 is 0 Å². The van der Waals surface area contributed by atoms with E-state index in [-0.39, 0.29) is 5.82 Å². The van der Waals surface area contributed by atoms with Crippen molar-refractivity contribution in [2.75, 3.05) is 0 Å². The molecular weight excluding hydrogens is 326 g/mol. The Kier molecular flexibility index (Phi) is 4.08. The molecule has 0 heterocycles. The SMILES string of the molecule is Fc1cccc(CBr)c1-c1ccc(Cl)c(Cl)c1. The molecule has 17 heavy (non-hydrogen) atoms. The second-order valence-electron chi connectivity index (χ2n) is 3.54. The van der Waals surface area contributed by atoms with E-state index in [0.29, 0.717) is 20.9 Å². The van der Waals surface area contributed by atoms with E-state index in [1.165, 1.54) is 6.07 Å². The fourth-order valence-electron chi connectivity index (χ4n) is 1.66. The molecule has 0 amide bonds. The average molecular weight is 334 g/mol. The van der Waals surface area contributed by atoms with Crippen LogP contribution in [0.5, 0.6) is 0 Å². The molecule has 0 nitrogen and oxygen atoms in total. The smallest absolute Gasteiger partial charge is 0.131 e. The van der Waals surface area contributed by atoms with Gasteiger partial charge in [-0.2, -0.15) is 0 Å². The number of hydrogen-bond acceptors (Lipinski definition) is 0. The van der Waals surface area contributed by atoms with Gasteiger partial charge in [-0.3, -0.25) is 0 Å². The summed E-state index contributed by atoms with van der Waals surface area (Å²) in [4.78, 5) is 0. The molecule has 0 saturated heterocycles. The van der Waals surface area contributed by atoms with Crippen LogP contribution in [0.3, 0.4) is 0 Å². The minimum Gasteiger partial charge on any atom is -0.206 e. The zero-order valence-corrected chi connectivity index (χ0v) is 11.8. The van der Waals surface area contributed by atoms with Gasteiger partial charge in [0.25, 0.3) is 0 Å². The van der Waals surface area contributed by atoms with Crippen molar-refractivity contribution >= 4 is 39.1 Å². The summed E-state index contributed by atoms with van der Waals surface area (Å²) in [6.45, 7) is 0. The maximum atomic E-state index is 13.9. The van der Waals surface area contributed by atoms with Crippen LogP contribution < -0.4 is 0 Å². The van der Waals surface area contributed by atoms with Crippen LogP contribution in [0.2, 0.25) is 10.0 Å². The lowest BCUT2D eigenvalue weighted by molar-refractivity contribution is 0.630. The Labute approximate surface area is 117 Å². The molecule has 0 radical (unpaired) electrons. The Morgan fingerprint density at radius 1 is 1.06 bits per heavy atom. The van der Waals surface area contributed by atoms with Crippen LogP contribution in [0.4, 0.5) is 4.39 Å². The summed E-state index contributed by atoms with van der Waals surface area (Å²) in [5.41, 5.74) is 2.17. The number of halogens is 4. The average Bonchev–Trinajstić information content (AvgIpc) is 2.32. The van der Waals surface area contributed by atoms with Crippen LogP contribution in [0.15, 0.2) is 36.4 Å².